The third-order valence-electron chi connectivity index (χ3n) is 5.86. The first-order valence-electron chi connectivity index (χ1n) is 8.38. The fourth-order valence-corrected chi connectivity index (χ4v) is 4.47. The Morgan fingerprint density at radius 1 is 1.05 bits per heavy atom. The van der Waals surface area contributed by atoms with E-state index in [0.29, 0.717) is 36.4 Å². The third kappa shape index (κ3) is 4.28. The van der Waals surface area contributed by atoms with Gasteiger partial charge >= 0.3 is 0 Å². The number of nitrogens with zero attached hydrogens (tertiary/aromatic N) is 2. The van der Waals surface area contributed by atoms with Gasteiger partial charge in [-0.15, -0.1) is 24.8 Å². The molecular weight excluding hydrogens is 321 g/mol. The van der Waals surface area contributed by atoms with Crippen LogP contribution in [-0.2, 0) is 4.79 Å². The maximum absolute atomic E-state index is 12.5. The van der Waals surface area contributed by atoms with Gasteiger partial charge in [-0.2, -0.15) is 0 Å². The van der Waals surface area contributed by atoms with Gasteiger partial charge in [0, 0.05) is 32.2 Å². The number of likely N-dealkylation sites (N-methyl/N-ethyl adjacent to an activating group) is 1. The average molecular weight is 352 g/mol. The number of piperidine rings is 1. The number of carbonyl (C=O) groups is 1. The molecule has 1 heterocycles. The molecule has 3 aliphatic rings. The van der Waals surface area contributed by atoms with Gasteiger partial charge in [0.05, 0.1) is 6.54 Å². The highest BCUT2D eigenvalue weighted by molar-refractivity contribution is 5.85. The van der Waals surface area contributed by atoms with Crippen LogP contribution < -0.4 is 5.73 Å². The zero-order valence-corrected chi connectivity index (χ0v) is 15.2. The molecule has 1 saturated heterocycles. The van der Waals surface area contributed by atoms with Crippen LogP contribution >= 0.6 is 24.8 Å². The van der Waals surface area contributed by atoms with E-state index in [-0.39, 0.29) is 24.8 Å². The Hall–Kier alpha value is -0.0300. The highest BCUT2D eigenvalue weighted by atomic mass is 35.5. The number of rotatable bonds is 3. The Kier molecular flexibility index (Phi) is 7.93. The highest BCUT2D eigenvalue weighted by Gasteiger charge is 2.40. The number of fused-ring (bicyclic) bond motifs is 2. The van der Waals surface area contributed by atoms with E-state index in [0.717, 1.165) is 13.1 Å². The second-order valence-corrected chi connectivity index (χ2v) is 7.17. The van der Waals surface area contributed by atoms with Crippen LogP contribution in [0.4, 0.5) is 0 Å². The molecule has 3 rings (SSSR count). The SMILES string of the molecule is CN(C(=O)CN1C[C@H]2CC[C@@H](C1)C2N)C1CCCCC1.Cl.Cl. The van der Waals surface area contributed by atoms with Gasteiger partial charge in [-0.3, -0.25) is 9.69 Å². The Morgan fingerprint density at radius 3 is 2.14 bits per heavy atom. The monoisotopic (exact) mass is 351 g/mol. The quantitative estimate of drug-likeness (QED) is 0.848. The molecule has 0 aromatic carbocycles. The Bertz CT molecular complexity index is 349. The van der Waals surface area contributed by atoms with E-state index in [1.54, 1.807) is 0 Å². The van der Waals surface area contributed by atoms with Gasteiger partial charge in [0.1, 0.15) is 0 Å². The molecule has 2 aliphatic carbocycles. The molecule has 3 atom stereocenters. The number of hydrogen-bond donors (Lipinski definition) is 1. The van der Waals surface area contributed by atoms with Crippen molar-refractivity contribution in [2.75, 3.05) is 26.7 Å². The molecule has 1 amide bonds. The lowest BCUT2D eigenvalue weighted by Crippen LogP contribution is -2.52. The van der Waals surface area contributed by atoms with Gasteiger partial charge in [-0.05, 0) is 37.5 Å². The number of likely N-dealkylation sites (tertiary alicyclic amines) is 1. The molecular formula is C16H31Cl2N3O. The molecule has 22 heavy (non-hydrogen) atoms. The Balaban J connectivity index is 0.00000121. The average Bonchev–Trinajstić information content (AvgIpc) is 2.69. The third-order valence-corrected chi connectivity index (χ3v) is 5.86. The Morgan fingerprint density at radius 2 is 1.59 bits per heavy atom. The van der Waals surface area contributed by atoms with Crippen molar-refractivity contribution in [1.82, 2.24) is 9.80 Å². The first-order valence-corrected chi connectivity index (χ1v) is 8.38. The first-order chi connectivity index (χ1) is 9.65. The van der Waals surface area contributed by atoms with Gasteiger partial charge in [0.2, 0.25) is 5.91 Å². The molecule has 2 bridgehead atoms. The van der Waals surface area contributed by atoms with E-state index >= 15 is 0 Å². The summed E-state index contributed by atoms with van der Waals surface area (Å²) < 4.78 is 0. The molecule has 1 aliphatic heterocycles. The fourth-order valence-electron chi connectivity index (χ4n) is 4.47. The van der Waals surface area contributed by atoms with Gasteiger partial charge in [0.15, 0.2) is 0 Å². The molecule has 6 heteroatoms. The fraction of sp³-hybridized carbons (Fsp3) is 0.938. The van der Waals surface area contributed by atoms with Crippen molar-refractivity contribution < 1.29 is 4.79 Å². The predicted octanol–water partition coefficient (Wildman–Crippen LogP) is 2.29. The summed E-state index contributed by atoms with van der Waals surface area (Å²) in [6, 6.07) is 0.873. The molecule has 4 nitrogen and oxygen atoms in total. The van der Waals surface area contributed by atoms with Crippen LogP contribution in [0.2, 0.25) is 0 Å². The van der Waals surface area contributed by atoms with E-state index in [9.17, 15) is 4.79 Å². The molecule has 2 N–H and O–H groups in total. The largest absolute Gasteiger partial charge is 0.342 e. The van der Waals surface area contributed by atoms with Gasteiger partial charge < -0.3 is 10.6 Å². The minimum Gasteiger partial charge on any atom is -0.342 e. The summed E-state index contributed by atoms with van der Waals surface area (Å²) in [6.07, 6.45) is 8.81. The van der Waals surface area contributed by atoms with Crippen molar-refractivity contribution >= 4 is 30.7 Å². The molecule has 3 fully saturated rings. The smallest absolute Gasteiger partial charge is 0.236 e. The summed E-state index contributed by atoms with van der Waals surface area (Å²) in [7, 11) is 2.00. The van der Waals surface area contributed by atoms with Gasteiger partial charge in [-0.1, -0.05) is 19.3 Å². The van der Waals surface area contributed by atoms with Crippen LogP contribution in [0, 0.1) is 11.8 Å². The Labute approximate surface area is 147 Å². The van der Waals surface area contributed by atoms with Crippen LogP contribution in [0.25, 0.3) is 0 Å². The second kappa shape index (κ2) is 8.72. The number of halogens is 2. The minimum absolute atomic E-state index is 0. The first kappa shape index (κ1) is 20.0. The van der Waals surface area contributed by atoms with Crippen LogP contribution in [0.5, 0.6) is 0 Å². The molecule has 0 aromatic rings. The van der Waals surface area contributed by atoms with Crippen molar-refractivity contribution in [3.63, 3.8) is 0 Å². The molecule has 0 radical (unpaired) electrons. The number of amides is 1. The number of hydrogen-bond acceptors (Lipinski definition) is 3. The maximum atomic E-state index is 12.5. The summed E-state index contributed by atoms with van der Waals surface area (Å²) >= 11 is 0. The summed E-state index contributed by atoms with van der Waals surface area (Å²) in [6.45, 7) is 2.66. The zero-order chi connectivity index (χ0) is 14.1. The van der Waals surface area contributed by atoms with Crippen LogP contribution in [0.15, 0.2) is 0 Å². The van der Waals surface area contributed by atoms with Crippen LogP contribution in [-0.4, -0.2) is 54.5 Å². The normalized spacial score (nSPS) is 32.0. The topological polar surface area (TPSA) is 49.6 Å². The molecule has 130 valence electrons. The lowest BCUT2D eigenvalue weighted by molar-refractivity contribution is -0.134. The van der Waals surface area contributed by atoms with Gasteiger partial charge in [-0.25, -0.2) is 0 Å². The zero-order valence-electron chi connectivity index (χ0n) is 13.6. The van der Waals surface area contributed by atoms with E-state index in [1.165, 1.54) is 44.9 Å². The van der Waals surface area contributed by atoms with E-state index < -0.39 is 0 Å². The van der Waals surface area contributed by atoms with E-state index in [1.807, 2.05) is 11.9 Å². The lowest BCUT2D eigenvalue weighted by Gasteiger charge is -2.38. The van der Waals surface area contributed by atoms with Crippen molar-refractivity contribution in [2.24, 2.45) is 17.6 Å². The maximum Gasteiger partial charge on any atom is 0.236 e. The summed E-state index contributed by atoms with van der Waals surface area (Å²) in [4.78, 5) is 16.9. The molecule has 1 unspecified atom stereocenters. The van der Waals surface area contributed by atoms with Crippen molar-refractivity contribution in [3.05, 3.63) is 0 Å². The number of carbonyl (C=O) groups excluding carboxylic acids is 1. The van der Waals surface area contributed by atoms with Crippen LogP contribution in [0.1, 0.15) is 44.9 Å². The van der Waals surface area contributed by atoms with Gasteiger partial charge in [0.25, 0.3) is 0 Å². The highest BCUT2D eigenvalue weighted by Crippen LogP contribution is 2.35. The summed E-state index contributed by atoms with van der Waals surface area (Å²) in [5, 5.41) is 0. The van der Waals surface area contributed by atoms with Crippen molar-refractivity contribution in [1.29, 1.82) is 0 Å². The summed E-state index contributed by atoms with van der Waals surface area (Å²) in [5.74, 6) is 1.56. The van der Waals surface area contributed by atoms with E-state index in [4.69, 9.17) is 5.73 Å². The molecule has 0 spiro atoms. The number of nitrogens with two attached hydrogens (primary N) is 1. The standard InChI is InChI=1S/C16H29N3O.2ClH/c1-18(14-5-3-2-4-6-14)15(20)11-19-9-12-7-8-13(10-19)16(12)17;;/h12-14,16H,2-11,17H2,1H3;2*1H/t12-,13+,16?;;. The second-order valence-electron chi connectivity index (χ2n) is 7.17. The minimum atomic E-state index is 0. The summed E-state index contributed by atoms with van der Waals surface area (Å²) in [5.41, 5.74) is 6.23. The van der Waals surface area contributed by atoms with Crippen LogP contribution in [0.3, 0.4) is 0 Å². The van der Waals surface area contributed by atoms with E-state index in [2.05, 4.69) is 4.90 Å². The van der Waals surface area contributed by atoms with Crippen molar-refractivity contribution in [3.8, 4) is 0 Å². The molecule has 2 saturated carbocycles. The lowest BCUT2D eigenvalue weighted by atomic mass is 9.93. The molecule has 0 aromatic heterocycles. The predicted molar refractivity (Wildman–Crippen MR) is 94.8 cm³/mol. The van der Waals surface area contributed by atoms with Crippen molar-refractivity contribution in [2.45, 2.75) is 57.0 Å².